The predicted octanol–water partition coefficient (Wildman–Crippen LogP) is 3.30. The first-order valence-electron chi connectivity index (χ1n) is 7.03. The second-order valence-electron chi connectivity index (χ2n) is 5.22. The number of hydrogen-bond donors (Lipinski definition) is 2. The van der Waals surface area contributed by atoms with Crippen LogP contribution >= 0.6 is 11.8 Å². The number of thioether (sulfide) groups is 1. The third-order valence-electron chi connectivity index (χ3n) is 3.31. The first kappa shape index (κ1) is 17.3. The maximum atomic E-state index is 9.51. The number of nitrogens with one attached hydrogen (secondary N) is 1. The highest BCUT2D eigenvalue weighted by Gasteiger charge is 2.24. The van der Waals surface area contributed by atoms with Crippen LogP contribution in [-0.4, -0.2) is 35.3 Å². The van der Waals surface area contributed by atoms with Crippen LogP contribution < -0.4 is 5.32 Å². The van der Waals surface area contributed by atoms with Crippen molar-refractivity contribution in [3.63, 3.8) is 0 Å². The van der Waals surface area contributed by atoms with Crippen LogP contribution in [0, 0.1) is 5.92 Å². The molecule has 0 saturated heterocycles. The van der Waals surface area contributed by atoms with E-state index in [0.717, 1.165) is 25.3 Å². The molecule has 0 spiro atoms. The van der Waals surface area contributed by atoms with E-state index in [1.54, 1.807) is 0 Å². The molecule has 0 rings (SSSR count). The lowest BCUT2D eigenvalue weighted by Gasteiger charge is -2.31. The molecule has 0 aromatic carbocycles. The number of rotatable bonds is 11. The van der Waals surface area contributed by atoms with Crippen LogP contribution in [0.5, 0.6) is 0 Å². The molecule has 0 aliphatic heterocycles. The molecule has 0 aromatic rings. The third-order valence-corrected chi connectivity index (χ3v) is 4.42. The minimum Gasteiger partial charge on any atom is -0.394 e. The van der Waals surface area contributed by atoms with Crippen LogP contribution in [0.1, 0.15) is 53.4 Å². The van der Waals surface area contributed by atoms with Crippen molar-refractivity contribution < 1.29 is 5.11 Å². The Balaban J connectivity index is 3.68. The monoisotopic (exact) mass is 261 g/mol. The van der Waals surface area contributed by atoms with E-state index in [0.29, 0.717) is 0 Å². The van der Waals surface area contributed by atoms with E-state index in [1.807, 2.05) is 0 Å². The molecule has 0 aliphatic rings. The summed E-state index contributed by atoms with van der Waals surface area (Å²) in [5, 5.41) is 13.0. The van der Waals surface area contributed by atoms with Crippen molar-refractivity contribution in [1.29, 1.82) is 0 Å². The molecule has 0 bridgehead atoms. The van der Waals surface area contributed by atoms with Gasteiger partial charge < -0.3 is 10.4 Å². The van der Waals surface area contributed by atoms with Crippen molar-refractivity contribution in [1.82, 2.24) is 5.32 Å². The van der Waals surface area contributed by atoms with Gasteiger partial charge in [0.2, 0.25) is 0 Å². The summed E-state index contributed by atoms with van der Waals surface area (Å²) < 4.78 is 0. The Morgan fingerprint density at radius 3 is 2.41 bits per heavy atom. The van der Waals surface area contributed by atoms with Crippen molar-refractivity contribution in [3.05, 3.63) is 0 Å². The summed E-state index contributed by atoms with van der Waals surface area (Å²) in [7, 11) is 0. The molecule has 2 N–H and O–H groups in total. The second-order valence-corrected chi connectivity index (χ2v) is 6.45. The highest BCUT2D eigenvalue weighted by Crippen LogP contribution is 2.19. The molecule has 2 nitrogen and oxygen atoms in total. The van der Waals surface area contributed by atoms with Gasteiger partial charge in [0.15, 0.2) is 0 Å². The highest BCUT2D eigenvalue weighted by atomic mass is 32.2. The fourth-order valence-electron chi connectivity index (χ4n) is 1.95. The topological polar surface area (TPSA) is 32.3 Å². The average Bonchev–Trinajstić information content (AvgIpc) is 2.32. The average molecular weight is 261 g/mol. The van der Waals surface area contributed by atoms with Gasteiger partial charge in [-0.2, -0.15) is 11.8 Å². The van der Waals surface area contributed by atoms with E-state index >= 15 is 0 Å². The Kier molecular flexibility index (Phi) is 10.4. The van der Waals surface area contributed by atoms with Crippen LogP contribution in [0.2, 0.25) is 0 Å². The van der Waals surface area contributed by atoms with Gasteiger partial charge >= 0.3 is 0 Å². The van der Waals surface area contributed by atoms with Gasteiger partial charge in [0, 0.05) is 5.54 Å². The van der Waals surface area contributed by atoms with Crippen molar-refractivity contribution in [2.45, 2.75) is 58.9 Å². The summed E-state index contributed by atoms with van der Waals surface area (Å²) in [5.74, 6) is 3.31. The molecular formula is C14H31NOS. The van der Waals surface area contributed by atoms with E-state index in [-0.39, 0.29) is 12.1 Å². The predicted molar refractivity (Wildman–Crippen MR) is 79.8 cm³/mol. The maximum Gasteiger partial charge on any atom is 0.0613 e. The minimum atomic E-state index is -0.0344. The van der Waals surface area contributed by atoms with Crippen molar-refractivity contribution >= 4 is 11.8 Å². The van der Waals surface area contributed by atoms with Crippen LogP contribution in [-0.2, 0) is 0 Å². The van der Waals surface area contributed by atoms with Gasteiger partial charge in [-0.05, 0) is 49.7 Å². The first-order valence-corrected chi connectivity index (χ1v) is 8.19. The number of likely N-dealkylation sites (N-methyl/N-ethyl adjacent to an activating group) is 1. The molecule has 0 amide bonds. The van der Waals surface area contributed by atoms with Gasteiger partial charge in [0.05, 0.1) is 6.61 Å². The van der Waals surface area contributed by atoms with Gasteiger partial charge in [-0.1, -0.05) is 27.7 Å². The summed E-state index contributed by atoms with van der Waals surface area (Å²) in [6.07, 6.45) is 4.61. The molecule has 0 aromatic heterocycles. The molecule has 104 valence electrons. The number of hydrogen-bond acceptors (Lipinski definition) is 3. The minimum absolute atomic E-state index is 0.0344. The molecule has 1 atom stereocenters. The zero-order valence-corrected chi connectivity index (χ0v) is 12.9. The van der Waals surface area contributed by atoms with Gasteiger partial charge in [-0.3, -0.25) is 0 Å². The fourth-order valence-corrected chi connectivity index (χ4v) is 3.14. The smallest absolute Gasteiger partial charge is 0.0613 e. The molecule has 3 heteroatoms. The van der Waals surface area contributed by atoms with E-state index in [4.69, 9.17) is 0 Å². The fraction of sp³-hybridized carbons (Fsp3) is 1.00. The molecule has 0 heterocycles. The SMILES string of the molecule is CCNC(CC)(CO)CCCSCCC(C)C. The van der Waals surface area contributed by atoms with Gasteiger partial charge in [0.1, 0.15) is 0 Å². The van der Waals surface area contributed by atoms with Crippen LogP contribution in [0.3, 0.4) is 0 Å². The van der Waals surface area contributed by atoms with E-state index in [9.17, 15) is 5.11 Å². The molecular weight excluding hydrogens is 230 g/mol. The zero-order chi connectivity index (χ0) is 13.1. The normalized spacial score (nSPS) is 15.2. The van der Waals surface area contributed by atoms with Crippen molar-refractivity contribution in [2.75, 3.05) is 24.7 Å². The van der Waals surface area contributed by atoms with Crippen LogP contribution in [0.15, 0.2) is 0 Å². The molecule has 0 radical (unpaired) electrons. The summed E-state index contributed by atoms with van der Waals surface area (Å²) in [6, 6.07) is 0. The Morgan fingerprint density at radius 1 is 1.24 bits per heavy atom. The lowest BCUT2D eigenvalue weighted by atomic mass is 9.91. The molecule has 0 saturated carbocycles. The highest BCUT2D eigenvalue weighted by molar-refractivity contribution is 7.99. The molecule has 1 unspecified atom stereocenters. The Hall–Kier alpha value is 0.270. The summed E-state index contributed by atoms with van der Waals surface area (Å²) in [5.41, 5.74) is -0.0344. The quantitative estimate of drug-likeness (QED) is 0.560. The molecule has 0 aliphatic carbocycles. The Labute approximate surface area is 112 Å². The molecule has 17 heavy (non-hydrogen) atoms. The van der Waals surface area contributed by atoms with Crippen molar-refractivity contribution in [2.24, 2.45) is 5.92 Å². The van der Waals surface area contributed by atoms with Crippen LogP contribution in [0.25, 0.3) is 0 Å². The van der Waals surface area contributed by atoms with Crippen molar-refractivity contribution in [3.8, 4) is 0 Å². The standard InChI is InChI=1S/C14H31NOS/c1-5-14(12-16,15-6-2)9-7-10-17-11-8-13(3)4/h13,15-16H,5-12H2,1-4H3. The van der Waals surface area contributed by atoms with Gasteiger partial charge in [-0.15, -0.1) is 0 Å². The lowest BCUT2D eigenvalue weighted by Crippen LogP contribution is -2.48. The second kappa shape index (κ2) is 10.2. The number of aliphatic hydroxyl groups is 1. The lowest BCUT2D eigenvalue weighted by molar-refractivity contribution is 0.148. The van der Waals surface area contributed by atoms with Gasteiger partial charge in [-0.25, -0.2) is 0 Å². The maximum absolute atomic E-state index is 9.51. The first-order chi connectivity index (χ1) is 8.10. The zero-order valence-electron chi connectivity index (χ0n) is 12.1. The Bertz CT molecular complexity index is 170. The summed E-state index contributed by atoms with van der Waals surface area (Å²) >= 11 is 2.05. The molecule has 0 fully saturated rings. The van der Waals surface area contributed by atoms with E-state index in [2.05, 4.69) is 44.8 Å². The summed E-state index contributed by atoms with van der Waals surface area (Å²) in [6.45, 7) is 10.0. The summed E-state index contributed by atoms with van der Waals surface area (Å²) in [4.78, 5) is 0. The largest absolute Gasteiger partial charge is 0.394 e. The van der Waals surface area contributed by atoms with Gasteiger partial charge in [0.25, 0.3) is 0 Å². The third kappa shape index (κ3) is 8.06. The number of aliphatic hydroxyl groups excluding tert-OH is 1. The van der Waals surface area contributed by atoms with E-state index in [1.165, 1.54) is 24.3 Å². The Morgan fingerprint density at radius 2 is 1.94 bits per heavy atom. The van der Waals surface area contributed by atoms with Crippen LogP contribution in [0.4, 0.5) is 0 Å². The van der Waals surface area contributed by atoms with E-state index < -0.39 is 0 Å².